The van der Waals surface area contributed by atoms with Crippen LogP contribution in [0, 0.1) is 0 Å². The molecule has 0 saturated carbocycles. The lowest BCUT2D eigenvalue weighted by Crippen LogP contribution is -2.01. The van der Waals surface area contributed by atoms with E-state index in [1.54, 1.807) is 6.07 Å². The number of hydrogen-bond acceptors (Lipinski definition) is 4. The van der Waals surface area contributed by atoms with Crippen LogP contribution in [0.15, 0.2) is 17.2 Å². The predicted molar refractivity (Wildman–Crippen MR) is 64.3 cm³/mol. The van der Waals surface area contributed by atoms with Crippen molar-refractivity contribution in [1.29, 1.82) is 0 Å². The number of carboxylic acid groups (broad SMARTS) is 1. The number of methoxy groups -OCH3 is 2. The Morgan fingerprint density at radius 3 is 2.67 bits per heavy atom. The number of hydrogen-bond donors (Lipinski definition) is 1. The fourth-order valence-corrected chi connectivity index (χ4v) is 1.56. The number of carbonyl (C=O) groups is 1. The van der Waals surface area contributed by atoms with Crippen molar-refractivity contribution in [3.8, 4) is 11.5 Å². The third-order valence-electron chi connectivity index (χ3n) is 2.31. The number of ether oxygens (including phenoxy) is 2. The molecule has 0 saturated heterocycles. The normalized spacial score (nSPS) is 9.44. The van der Waals surface area contributed by atoms with Gasteiger partial charge in [-0.2, -0.15) is 0 Å². The maximum Gasteiger partial charge on any atom is 0.303 e. The summed E-state index contributed by atoms with van der Waals surface area (Å²) >= 11 is 0. The number of rotatable bonds is 6. The van der Waals surface area contributed by atoms with Crippen LogP contribution in [0.4, 0.5) is 5.69 Å². The standard InChI is InChI=1S/C11H13N3O4/c1-17-9-6-8(13-14-12)5-7(11(9)18-2)3-4-10(15)16/h5-6H,3-4H2,1-2H3,(H,15,16). The van der Waals surface area contributed by atoms with E-state index in [0.29, 0.717) is 22.7 Å². The molecule has 18 heavy (non-hydrogen) atoms. The van der Waals surface area contributed by atoms with Gasteiger partial charge in [0.1, 0.15) is 0 Å². The van der Waals surface area contributed by atoms with E-state index in [1.165, 1.54) is 20.3 Å². The van der Waals surface area contributed by atoms with Gasteiger partial charge in [0.2, 0.25) is 0 Å². The fourth-order valence-electron chi connectivity index (χ4n) is 1.56. The van der Waals surface area contributed by atoms with E-state index in [1.807, 2.05) is 0 Å². The van der Waals surface area contributed by atoms with Crippen molar-refractivity contribution in [2.45, 2.75) is 12.8 Å². The van der Waals surface area contributed by atoms with Crippen molar-refractivity contribution in [3.05, 3.63) is 28.1 Å². The quantitative estimate of drug-likeness (QED) is 0.476. The molecule has 7 nitrogen and oxygen atoms in total. The topological polar surface area (TPSA) is 105 Å². The molecule has 96 valence electrons. The van der Waals surface area contributed by atoms with E-state index in [2.05, 4.69) is 10.0 Å². The number of aliphatic carboxylic acids is 1. The maximum atomic E-state index is 10.6. The average Bonchev–Trinajstić information content (AvgIpc) is 2.35. The highest BCUT2D eigenvalue weighted by molar-refractivity contribution is 5.68. The number of azide groups is 1. The third-order valence-corrected chi connectivity index (χ3v) is 2.31. The molecular weight excluding hydrogens is 238 g/mol. The van der Waals surface area contributed by atoms with Gasteiger partial charge in [0, 0.05) is 17.0 Å². The first-order valence-electron chi connectivity index (χ1n) is 5.14. The Morgan fingerprint density at radius 2 is 2.17 bits per heavy atom. The molecule has 0 bridgehead atoms. The first-order chi connectivity index (χ1) is 8.62. The zero-order valence-electron chi connectivity index (χ0n) is 10.1. The zero-order valence-corrected chi connectivity index (χ0v) is 10.1. The Kier molecular flexibility index (Phi) is 4.83. The fraction of sp³-hybridized carbons (Fsp3) is 0.364. The molecule has 0 radical (unpaired) electrons. The molecule has 1 rings (SSSR count). The molecule has 1 N–H and O–H groups in total. The van der Waals surface area contributed by atoms with Crippen LogP contribution in [0.25, 0.3) is 10.4 Å². The molecule has 0 aliphatic heterocycles. The van der Waals surface area contributed by atoms with Crippen LogP contribution >= 0.6 is 0 Å². The Hall–Kier alpha value is -2.40. The Morgan fingerprint density at radius 1 is 1.44 bits per heavy atom. The monoisotopic (exact) mass is 251 g/mol. The van der Waals surface area contributed by atoms with Gasteiger partial charge in [0.05, 0.1) is 14.2 Å². The third kappa shape index (κ3) is 3.29. The van der Waals surface area contributed by atoms with Gasteiger partial charge in [-0.05, 0) is 29.6 Å². The second-order valence-corrected chi connectivity index (χ2v) is 3.42. The van der Waals surface area contributed by atoms with Crippen LogP contribution in [0.1, 0.15) is 12.0 Å². The second kappa shape index (κ2) is 6.36. The van der Waals surface area contributed by atoms with Crippen molar-refractivity contribution in [2.24, 2.45) is 5.11 Å². The largest absolute Gasteiger partial charge is 0.493 e. The molecule has 1 aromatic carbocycles. The van der Waals surface area contributed by atoms with Crippen molar-refractivity contribution in [3.63, 3.8) is 0 Å². The second-order valence-electron chi connectivity index (χ2n) is 3.42. The van der Waals surface area contributed by atoms with Crippen LogP contribution in [0.3, 0.4) is 0 Å². The van der Waals surface area contributed by atoms with Crippen molar-refractivity contribution >= 4 is 11.7 Å². The highest BCUT2D eigenvalue weighted by Crippen LogP contribution is 2.36. The lowest BCUT2D eigenvalue weighted by molar-refractivity contribution is -0.136. The smallest absolute Gasteiger partial charge is 0.303 e. The van der Waals surface area contributed by atoms with Gasteiger partial charge in [-0.15, -0.1) is 0 Å². The Bertz CT molecular complexity index is 495. The molecule has 1 aromatic rings. The summed E-state index contributed by atoms with van der Waals surface area (Å²) in [5.74, 6) is -0.0522. The summed E-state index contributed by atoms with van der Waals surface area (Å²) in [7, 11) is 2.92. The highest BCUT2D eigenvalue weighted by atomic mass is 16.5. The molecule has 0 unspecified atom stereocenters. The summed E-state index contributed by atoms with van der Waals surface area (Å²) in [6.07, 6.45) is 0.225. The average molecular weight is 251 g/mol. The molecule has 0 aromatic heterocycles. The first-order valence-corrected chi connectivity index (χ1v) is 5.14. The van der Waals surface area contributed by atoms with E-state index in [4.69, 9.17) is 20.1 Å². The van der Waals surface area contributed by atoms with E-state index in [0.717, 1.165) is 0 Å². The first kappa shape index (κ1) is 13.7. The van der Waals surface area contributed by atoms with Crippen LogP contribution in [0.5, 0.6) is 11.5 Å². The van der Waals surface area contributed by atoms with Crippen LogP contribution < -0.4 is 9.47 Å². The summed E-state index contributed by atoms with van der Waals surface area (Å²) in [5, 5.41) is 12.2. The molecule has 0 spiro atoms. The lowest BCUT2D eigenvalue weighted by Gasteiger charge is -2.13. The summed E-state index contributed by atoms with van der Waals surface area (Å²) in [6.45, 7) is 0. The Balaban J connectivity index is 3.21. The minimum Gasteiger partial charge on any atom is -0.493 e. The van der Waals surface area contributed by atoms with Gasteiger partial charge in [-0.3, -0.25) is 4.79 Å². The lowest BCUT2D eigenvalue weighted by atomic mass is 10.1. The SMILES string of the molecule is COc1cc(N=[N+]=[N-])cc(CCC(=O)O)c1OC. The molecule has 0 heterocycles. The molecule has 0 aliphatic carbocycles. The van der Waals surface area contributed by atoms with Gasteiger partial charge in [0.15, 0.2) is 11.5 Å². The van der Waals surface area contributed by atoms with Gasteiger partial charge < -0.3 is 14.6 Å². The molecule has 0 amide bonds. The minimum absolute atomic E-state index is 0.0424. The number of benzene rings is 1. The predicted octanol–water partition coefficient (Wildman–Crippen LogP) is 2.66. The number of aryl methyl sites for hydroxylation is 1. The van der Waals surface area contributed by atoms with E-state index >= 15 is 0 Å². The van der Waals surface area contributed by atoms with Gasteiger partial charge in [-0.25, -0.2) is 0 Å². The highest BCUT2D eigenvalue weighted by Gasteiger charge is 2.13. The van der Waals surface area contributed by atoms with Crippen molar-refractivity contribution < 1.29 is 19.4 Å². The van der Waals surface area contributed by atoms with Gasteiger partial charge >= 0.3 is 5.97 Å². The van der Waals surface area contributed by atoms with Gasteiger partial charge in [-0.1, -0.05) is 5.11 Å². The van der Waals surface area contributed by atoms with Crippen LogP contribution in [-0.4, -0.2) is 25.3 Å². The molecule has 0 atom stereocenters. The summed E-state index contributed by atoms with van der Waals surface area (Å²) in [6, 6.07) is 3.12. The molecule has 0 fully saturated rings. The van der Waals surface area contributed by atoms with Crippen LogP contribution in [0.2, 0.25) is 0 Å². The van der Waals surface area contributed by atoms with E-state index < -0.39 is 5.97 Å². The number of carboxylic acids is 1. The minimum atomic E-state index is -0.912. The van der Waals surface area contributed by atoms with Crippen molar-refractivity contribution in [1.82, 2.24) is 0 Å². The van der Waals surface area contributed by atoms with Crippen molar-refractivity contribution in [2.75, 3.05) is 14.2 Å². The zero-order chi connectivity index (χ0) is 13.5. The Labute approximate surface area is 104 Å². The maximum absolute atomic E-state index is 10.6. The number of nitrogens with zero attached hydrogens (tertiary/aromatic N) is 3. The summed E-state index contributed by atoms with van der Waals surface area (Å²) < 4.78 is 10.3. The van der Waals surface area contributed by atoms with Gasteiger partial charge in [0.25, 0.3) is 0 Å². The van der Waals surface area contributed by atoms with Crippen LogP contribution in [-0.2, 0) is 11.2 Å². The molecular formula is C11H13N3O4. The summed E-state index contributed by atoms with van der Waals surface area (Å²) in [4.78, 5) is 13.3. The van der Waals surface area contributed by atoms with E-state index in [-0.39, 0.29) is 12.8 Å². The molecule has 7 heteroatoms. The van der Waals surface area contributed by atoms with E-state index in [9.17, 15) is 4.79 Å². The summed E-state index contributed by atoms with van der Waals surface area (Å²) in [5.41, 5.74) is 9.39. The molecule has 0 aliphatic rings.